The van der Waals surface area contributed by atoms with Crippen molar-refractivity contribution in [2.75, 3.05) is 42.6 Å². The van der Waals surface area contributed by atoms with Crippen molar-refractivity contribution >= 4 is 23.6 Å². The van der Waals surface area contributed by atoms with Gasteiger partial charge in [0.1, 0.15) is 12.2 Å². The Hall–Kier alpha value is -2.62. The molecule has 136 valence electrons. The fraction of sp³-hybridized carbons (Fsp3) is 0.467. The molecule has 2 N–H and O–H groups in total. The lowest BCUT2D eigenvalue weighted by atomic mass is 10.2. The third kappa shape index (κ3) is 3.73. The van der Waals surface area contributed by atoms with E-state index in [1.807, 2.05) is 0 Å². The molecule has 0 radical (unpaired) electrons. The summed E-state index contributed by atoms with van der Waals surface area (Å²) in [4.78, 5) is 25.1. The number of rotatable bonds is 3. The van der Waals surface area contributed by atoms with Crippen LogP contribution in [0, 0.1) is 11.6 Å². The van der Waals surface area contributed by atoms with Crippen LogP contribution in [-0.4, -0.2) is 51.3 Å². The van der Waals surface area contributed by atoms with Crippen LogP contribution in [-0.2, 0) is 14.2 Å². The number of benzene rings is 1. The lowest BCUT2D eigenvalue weighted by molar-refractivity contribution is -0.0256. The van der Waals surface area contributed by atoms with Gasteiger partial charge in [0.15, 0.2) is 11.6 Å². The van der Waals surface area contributed by atoms with E-state index in [1.54, 1.807) is 4.90 Å². The number of carbonyl (C=O) groups excluding carboxylic acids is 2. The molecule has 0 bridgehead atoms. The maximum absolute atomic E-state index is 14.5. The molecule has 1 unspecified atom stereocenters. The average molecular weight is 357 g/mol. The van der Waals surface area contributed by atoms with E-state index in [9.17, 15) is 18.4 Å². The Bertz CT molecular complexity index is 656. The highest BCUT2D eigenvalue weighted by Gasteiger charge is 2.35. The van der Waals surface area contributed by atoms with Gasteiger partial charge in [-0.15, -0.1) is 0 Å². The van der Waals surface area contributed by atoms with E-state index in [0.29, 0.717) is 32.7 Å². The second kappa shape index (κ2) is 7.09. The number of halogens is 2. The summed E-state index contributed by atoms with van der Waals surface area (Å²) in [5.74, 6) is -1.60. The van der Waals surface area contributed by atoms with Gasteiger partial charge in [-0.05, 0) is 6.42 Å². The van der Waals surface area contributed by atoms with Gasteiger partial charge in [0.05, 0.1) is 12.3 Å². The van der Waals surface area contributed by atoms with Crippen LogP contribution in [0.1, 0.15) is 6.42 Å². The van der Waals surface area contributed by atoms with E-state index in [4.69, 9.17) is 15.2 Å². The van der Waals surface area contributed by atoms with Crippen molar-refractivity contribution in [3.05, 3.63) is 23.8 Å². The quantitative estimate of drug-likeness (QED) is 0.882. The second-order valence-electron chi connectivity index (χ2n) is 5.57. The van der Waals surface area contributed by atoms with Gasteiger partial charge in [0, 0.05) is 31.8 Å². The number of hydrogen-bond donors (Lipinski definition) is 1. The highest BCUT2D eigenvalue weighted by Crippen LogP contribution is 2.31. The van der Waals surface area contributed by atoms with E-state index in [-0.39, 0.29) is 17.9 Å². The number of hydrogen-bond acceptors (Lipinski definition) is 6. The molecule has 0 aliphatic carbocycles. The molecule has 3 rings (SSSR count). The molecular formula is C15H17F2N3O5. The largest absolute Gasteiger partial charge is 0.417 e. The number of anilines is 2. The lowest BCUT2D eigenvalue weighted by Gasteiger charge is -2.24. The van der Waals surface area contributed by atoms with E-state index in [0.717, 1.165) is 17.0 Å². The minimum absolute atomic E-state index is 0.0367. The summed E-state index contributed by atoms with van der Waals surface area (Å²) in [6.45, 7) is 1.54. The number of ether oxygens (including phenoxy) is 3. The summed E-state index contributed by atoms with van der Waals surface area (Å²) in [5.41, 5.74) is 4.66. The molecule has 2 fully saturated rings. The number of nitrogens with zero attached hydrogens (tertiary/aromatic N) is 2. The fourth-order valence-corrected chi connectivity index (χ4v) is 2.82. The molecule has 1 atom stereocenters. The smallest absolute Gasteiger partial charge is 0.407 e. The zero-order valence-corrected chi connectivity index (χ0v) is 13.2. The van der Waals surface area contributed by atoms with Gasteiger partial charge < -0.3 is 24.8 Å². The topological polar surface area (TPSA) is 94.3 Å². The molecule has 2 aliphatic rings. The van der Waals surface area contributed by atoms with E-state index in [1.165, 1.54) is 0 Å². The molecule has 25 heavy (non-hydrogen) atoms. The third-order valence-corrected chi connectivity index (χ3v) is 3.88. The van der Waals surface area contributed by atoms with Crippen LogP contribution in [0.5, 0.6) is 0 Å². The minimum Gasteiger partial charge on any atom is -0.407 e. The summed E-state index contributed by atoms with van der Waals surface area (Å²) in [6.07, 6.45) is -2.57. The van der Waals surface area contributed by atoms with Crippen molar-refractivity contribution in [1.82, 2.24) is 0 Å². The molecule has 2 amide bonds. The fourth-order valence-electron chi connectivity index (χ4n) is 2.82. The van der Waals surface area contributed by atoms with E-state index in [2.05, 4.69) is 4.74 Å². The molecule has 10 heteroatoms. The van der Waals surface area contributed by atoms with Gasteiger partial charge in [-0.1, -0.05) is 0 Å². The zero-order valence-electron chi connectivity index (χ0n) is 13.2. The predicted molar refractivity (Wildman–Crippen MR) is 82.3 cm³/mol. The third-order valence-electron chi connectivity index (χ3n) is 3.88. The van der Waals surface area contributed by atoms with Gasteiger partial charge in [-0.2, -0.15) is 0 Å². The first kappa shape index (κ1) is 17.2. The first-order valence-corrected chi connectivity index (χ1v) is 7.71. The van der Waals surface area contributed by atoms with Crippen molar-refractivity contribution in [2.45, 2.75) is 12.7 Å². The molecule has 2 aliphatic heterocycles. The van der Waals surface area contributed by atoms with Gasteiger partial charge in [0.25, 0.3) is 6.29 Å². The molecule has 2 saturated heterocycles. The Morgan fingerprint density at radius 3 is 2.64 bits per heavy atom. The van der Waals surface area contributed by atoms with Gasteiger partial charge >= 0.3 is 12.2 Å². The minimum atomic E-state index is -1.22. The number of carbonyl (C=O) groups is 2. The monoisotopic (exact) mass is 357 g/mol. The summed E-state index contributed by atoms with van der Waals surface area (Å²) in [7, 11) is 0. The molecule has 0 saturated carbocycles. The predicted octanol–water partition coefficient (Wildman–Crippen LogP) is 1.57. The van der Waals surface area contributed by atoms with E-state index >= 15 is 0 Å². The van der Waals surface area contributed by atoms with Crippen molar-refractivity contribution in [2.24, 2.45) is 5.73 Å². The van der Waals surface area contributed by atoms with Crippen molar-refractivity contribution in [3.8, 4) is 0 Å². The standard InChI is InChI=1S/C15H17F2N3O5/c16-10-6-9(20-8-12(24-14(18)21)25-15(20)22)7-11(17)13(10)19-2-1-4-23-5-3-19/h6-7,12H,1-5,8H2,(H2,18,21). The van der Waals surface area contributed by atoms with E-state index < -0.39 is 30.1 Å². The van der Waals surface area contributed by atoms with Crippen LogP contribution in [0.15, 0.2) is 12.1 Å². The van der Waals surface area contributed by atoms with Gasteiger partial charge in [-0.25, -0.2) is 18.4 Å². The number of primary amides is 1. The van der Waals surface area contributed by atoms with Crippen LogP contribution in [0.25, 0.3) is 0 Å². The van der Waals surface area contributed by atoms with Crippen molar-refractivity contribution in [1.29, 1.82) is 0 Å². The zero-order chi connectivity index (χ0) is 18.0. The molecule has 0 spiro atoms. The first-order chi connectivity index (χ1) is 12.0. The summed E-state index contributed by atoms with van der Waals surface area (Å²) >= 11 is 0. The summed E-state index contributed by atoms with van der Waals surface area (Å²) in [6, 6.07) is 2.08. The first-order valence-electron chi connectivity index (χ1n) is 7.71. The number of cyclic esters (lactones) is 1. The van der Waals surface area contributed by atoms with Crippen LogP contribution >= 0.6 is 0 Å². The van der Waals surface area contributed by atoms with Gasteiger partial charge in [-0.3, -0.25) is 4.90 Å². The van der Waals surface area contributed by atoms with Gasteiger partial charge in [0.2, 0.25) is 0 Å². The van der Waals surface area contributed by atoms with Crippen LogP contribution < -0.4 is 15.5 Å². The average Bonchev–Trinajstić information content (AvgIpc) is 2.72. The summed E-state index contributed by atoms with van der Waals surface area (Å²) < 4.78 is 43.6. The van der Waals surface area contributed by atoms with Crippen LogP contribution in [0.4, 0.5) is 29.7 Å². The van der Waals surface area contributed by atoms with Crippen molar-refractivity contribution < 1.29 is 32.6 Å². The van der Waals surface area contributed by atoms with Crippen LogP contribution in [0.3, 0.4) is 0 Å². The highest BCUT2D eigenvalue weighted by molar-refractivity contribution is 5.90. The maximum Gasteiger partial charge on any atom is 0.417 e. The summed E-state index contributed by atoms with van der Waals surface area (Å²) in [5, 5.41) is 0. The normalized spacial score (nSPS) is 21.0. The molecule has 0 aromatic heterocycles. The SMILES string of the molecule is NC(=O)OC1CN(c2cc(F)c(N3CCCOCC3)c(F)c2)C(=O)O1. The Balaban J connectivity index is 1.82. The van der Waals surface area contributed by atoms with Crippen LogP contribution in [0.2, 0.25) is 0 Å². The molecular weight excluding hydrogens is 340 g/mol. The molecule has 2 heterocycles. The Morgan fingerprint density at radius 2 is 1.96 bits per heavy atom. The maximum atomic E-state index is 14.5. The molecule has 8 nitrogen and oxygen atoms in total. The Labute approximate surface area is 142 Å². The van der Waals surface area contributed by atoms with Crippen molar-refractivity contribution in [3.63, 3.8) is 0 Å². The second-order valence-corrected chi connectivity index (χ2v) is 5.57. The molecule has 1 aromatic rings. The highest BCUT2D eigenvalue weighted by atomic mass is 19.1. The molecule has 1 aromatic carbocycles. The number of nitrogens with two attached hydrogens (primary N) is 1. The lowest BCUT2D eigenvalue weighted by Crippen LogP contribution is -2.30. The Kier molecular flexibility index (Phi) is 4.88. The number of amides is 2. The Morgan fingerprint density at radius 1 is 1.24 bits per heavy atom.